The van der Waals surface area contributed by atoms with Crippen LogP contribution in [0.5, 0.6) is 0 Å². The normalized spacial score (nSPS) is 16.2. The zero-order valence-corrected chi connectivity index (χ0v) is 12.9. The van der Waals surface area contributed by atoms with Crippen molar-refractivity contribution in [3.05, 3.63) is 35.3 Å². The molecule has 0 saturated carbocycles. The SMILES string of the molecule is CCc1nc2ccc(C)cn2c1C(=O)N1CCCCCC1. The summed E-state index contributed by atoms with van der Waals surface area (Å²) in [6.07, 6.45) is 7.50. The van der Waals surface area contributed by atoms with Crippen molar-refractivity contribution in [3.8, 4) is 0 Å². The Hall–Kier alpha value is -1.84. The Balaban J connectivity index is 2.04. The molecule has 1 saturated heterocycles. The molecular weight excluding hydrogens is 262 g/mol. The summed E-state index contributed by atoms with van der Waals surface area (Å²) in [5.74, 6) is 0.145. The van der Waals surface area contributed by atoms with Gasteiger partial charge in [0.2, 0.25) is 0 Å². The standard InChI is InChI=1S/C17H23N3O/c1-3-14-16(17(21)19-10-6-4-5-7-11-19)20-12-13(2)8-9-15(20)18-14/h8-9,12H,3-7,10-11H2,1-2H3. The first-order chi connectivity index (χ1) is 10.2. The highest BCUT2D eigenvalue weighted by Crippen LogP contribution is 2.19. The van der Waals surface area contributed by atoms with E-state index in [4.69, 9.17) is 0 Å². The smallest absolute Gasteiger partial charge is 0.272 e. The van der Waals surface area contributed by atoms with E-state index in [9.17, 15) is 4.79 Å². The number of fused-ring (bicyclic) bond motifs is 1. The summed E-state index contributed by atoms with van der Waals surface area (Å²) in [5, 5.41) is 0. The maximum atomic E-state index is 13.0. The fraction of sp³-hybridized carbons (Fsp3) is 0.529. The third-order valence-electron chi connectivity index (χ3n) is 4.27. The topological polar surface area (TPSA) is 37.6 Å². The highest BCUT2D eigenvalue weighted by Gasteiger charge is 2.24. The molecule has 0 unspecified atom stereocenters. The molecule has 0 bridgehead atoms. The number of hydrogen-bond acceptors (Lipinski definition) is 2. The molecule has 0 aliphatic carbocycles. The quantitative estimate of drug-likeness (QED) is 0.849. The number of pyridine rings is 1. The summed E-state index contributed by atoms with van der Waals surface area (Å²) in [4.78, 5) is 19.6. The number of likely N-dealkylation sites (tertiary alicyclic amines) is 1. The van der Waals surface area contributed by atoms with Gasteiger partial charge in [0.1, 0.15) is 11.3 Å². The van der Waals surface area contributed by atoms with Crippen molar-refractivity contribution < 1.29 is 4.79 Å². The van der Waals surface area contributed by atoms with Crippen LogP contribution in [0.4, 0.5) is 0 Å². The van der Waals surface area contributed by atoms with Crippen molar-refractivity contribution in [3.63, 3.8) is 0 Å². The van der Waals surface area contributed by atoms with Crippen molar-refractivity contribution >= 4 is 11.6 Å². The third kappa shape index (κ3) is 2.67. The van der Waals surface area contributed by atoms with Crippen LogP contribution >= 0.6 is 0 Å². The molecule has 3 heterocycles. The summed E-state index contributed by atoms with van der Waals surface area (Å²) in [6.45, 7) is 5.86. The van der Waals surface area contributed by atoms with Crippen LogP contribution in [0.3, 0.4) is 0 Å². The molecule has 112 valence electrons. The zero-order valence-electron chi connectivity index (χ0n) is 12.9. The van der Waals surface area contributed by atoms with Crippen LogP contribution in [0.2, 0.25) is 0 Å². The number of amides is 1. The van der Waals surface area contributed by atoms with Crippen LogP contribution in [0.1, 0.15) is 54.4 Å². The van der Waals surface area contributed by atoms with Gasteiger partial charge in [-0.1, -0.05) is 25.8 Å². The number of aromatic nitrogens is 2. The molecule has 0 N–H and O–H groups in total. The van der Waals surface area contributed by atoms with E-state index in [0.717, 1.165) is 55.0 Å². The first-order valence-electron chi connectivity index (χ1n) is 7.97. The number of hydrogen-bond donors (Lipinski definition) is 0. The Morgan fingerprint density at radius 3 is 2.57 bits per heavy atom. The summed E-state index contributed by atoms with van der Waals surface area (Å²) in [5.41, 5.74) is 3.69. The fourth-order valence-corrected chi connectivity index (χ4v) is 3.10. The minimum atomic E-state index is 0.145. The van der Waals surface area contributed by atoms with Crippen molar-refractivity contribution in [2.75, 3.05) is 13.1 Å². The second-order valence-electron chi connectivity index (χ2n) is 5.90. The molecule has 2 aromatic heterocycles. The zero-order chi connectivity index (χ0) is 14.8. The molecule has 1 aliphatic rings. The van der Waals surface area contributed by atoms with Gasteiger partial charge in [-0.15, -0.1) is 0 Å². The maximum Gasteiger partial charge on any atom is 0.272 e. The summed E-state index contributed by atoms with van der Waals surface area (Å²) < 4.78 is 1.97. The molecule has 2 aromatic rings. The van der Waals surface area contributed by atoms with Gasteiger partial charge in [-0.05, 0) is 37.8 Å². The third-order valence-corrected chi connectivity index (χ3v) is 4.27. The number of imidazole rings is 1. The average Bonchev–Trinajstić information content (AvgIpc) is 2.66. The Morgan fingerprint density at radius 2 is 1.90 bits per heavy atom. The van der Waals surface area contributed by atoms with Gasteiger partial charge in [-0.25, -0.2) is 4.98 Å². The molecule has 4 heteroatoms. The number of carbonyl (C=O) groups is 1. The van der Waals surface area contributed by atoms with Gasteiger partial charge in [-0.3, -0.25) is 9.20 Å². The predicted molar refractivity (Wildman–Crippen MR) is 83.7 cm³/mol. The van der Waals surface area contributed by atoms with Crippen molar-refractivity contribution in [1.29, 1.82) is 0 Å². The molecule has 4 nitrogen and oxygen atoms in total. The Kier molecular flexibility index (Phi) is 3.95. The van der Waals surface area contributed by atoms with Crippen LogP contribution in [0.25, 0.3) is 5.65 Å². The second-order valence-corrected chi connectivity index (χ2v) is 5.90. The van der Waals surface area contributed by atoms with Gasteiger partial charge in [-0.2, -0.15) is 0 Å². The summed E-state index contributed by atoms with van der Waals surface area (Å²) in [6, 6.07) is 4.04. The minimum absolute atomic E-state index is 0.145. The minimum Gasteiger partial charge on any atom is -0.337 e. The molecular formula is C17H23N3O. The second kappa shape index (κ2) is 5.88. The Morgan fingerprint density at radius 1 is 1.19 bits per heavy atom. The molecule has 0 radical (unpaired) electrons. The van der Waals surface area contributed by atoms with E-state index in [2.05, 4.69) is 11.9 Å². The van der Waals surface area contributed by atoms with E-state index in [-0.39, 0.29) is 5.91 Å². The number of nitrogens with zero attached hydrogens (tertiary/aromatic N) is 3. The molecule has 3 rings (SSSR count). The van der Waals surface area contributed by atoms with Gasteiger partial charge in [0, 0.05) is 19.3 Å². The molecule has 0 spiro atoms. The van der Waals surface area contributed by atoms with E-state index >= 15 is 0 Å². The van der Waals surface area contributed by atoms with Crippen LogP contribution in [-0.2, 0) is 6.42 Å². The average molecular weight is 285 g/mol. The Labute approximate surface area is 125 Å². The summed E-state index contributed by atoms with van der Waals surface area (Å²) >= 11 is 0. The molecule has 0 atom stereocenters. The lowest BCUT2D eigenvalue weighted by atomic mass is 10.2. The highest BCUT2D eigenvalue weighted by molar-refractivity contribution is 5.94. The van der Waals surface area contributed by atoms with Crippen molar-refractivity contribution in [1.82, 2.24) is 14.3 Å². The van der Waals surface area contributed by atoms with Crippen molar-refractivity contribution in [2.45, 2.75) is 46.0 Å². The lowest BCUT2D eigenvalue weighted by Gasteiger charge is -2.20. The van der Waals surface area contributed by atoms with Gasteiger partial charge in [0.15, 0.2) is 0 Å². The molecule has 1 fully saturated rings. The largest absolute Gasteiger partial charge is 0.337 e. The number of rotatable bonds is 2. The number of carbonyl (C=O) groups excluding carboxylic acids is 1. The fourth-order valence-electron chi connectivity index (χ4n) is 3.10. The molecule has 0 aromatic carbocycles. The molecule has 1 amide bonds. The monoisotopic (exact) mass is 285 g/mol. The van der Waals surface area contributed by atoms with Crippen LogP contribution in [0, 0.1) is 6.92 Å². The molecule has 21 heavy (non-hydrogen) atoms. The van der Waals surface area contributed by atoms with E-state index < -0.39 is 0 Å². The molecule has 1 aliphatic heterocycles. The van der Waals surface area contributed by atoms with Crippen LogP contribution in [-0.4, -0.2) is 33.3 Å². The van der Waals surface area contributed by atoms with Gasteiger partial charge in [0.05, 0.1) is 5.69 Å². The van der Waals surface area contributed by atoms with E-state index in [1.807, 2.05) is 34.6 Å². The highest BCUT2D eigenvalue weighted by atomic mass is 16.2. The van der Waals surface area contributed by atoms with Gasteiger partial charge >= 0.3 is 0 Å². The van der Waals surface area contributed by atoms with E-state index in [0.29, 0.717) is 0 Å². The van der Waals surface area contributed by atoms with Crippen molar-refractivity contribution in [2.24, 2.45) is 0 Å². The van der Waals surface area contributed by atoms with Gasteiger partial charge < -0.3 is 4.90 Å². The Bertz CT molecular complexity index is 651. The lowest BCUT2D eigenvalue weighted by Crippen LogP contribution is -2.33. The van der Waals surface area contributed by atoms with E-state index in [1.54, 1.807) is 0 Å². The van der Waals surface area contributed by atoms with Gasteiger partial charge in [0.25, 0.3) is 5.91 Å². The lowest BCUT2D eigenvalue weighted by molar-refractivity contribution is 0.0753. The predicted octanol–water partition coefficient (Wildman–Crippen LogP) is 3.22. The maximum absolute atomic E-state index is 13.0. The van der Waals surface area contributed by atoms with Crippen LogP contribution < -0.4 is 0 Å². The summed E-state index contributed by atoms with van der Waals surface area (Å²) in [7, 11) is 0. The van der Waals surface area contributed by atoms with Crippen LogP contribution in [0.15, 0.2) is 18.3 Å². The number of aryl methyl sites for hydroxylation is 2. The van der Waals surface area contributed by atoms with E-state index in [1.165, 1.54) is 12.8 Å². The first kappa shape index (κ1) is 14.1. The first-order valence-corrected chi connectivity index (χ1v) is 7.97.